The minimum atomic E-state index is -0.366. The van der Waals surface area contributed by atoms with E-state index < -0.39 is 0 Å². The first-order valence-electron chi connectivity index (χ1n) is 10.2. The summed E-state index contributed by atoms with van der Waals surface area (Å²) in [6.45, 7) is 5.12. The Balaban J connectivity index is 1.58. The minimum absolute atomic E-state index is 0.0255. The normalized spacial score (nSPS) is 17.4. The van der Waals surface area contributed by atoms with E-state index in [2.05, 4.69) is 4.90 Å². The van der Waals surface area contributed by atoms with Crippen LogP contribution < -0.4 is 4.90 Å². The van der Waals surface area contributed by atoms with Crippen LogP contribution in [-0.2, 0) is 25.6 Å². The number of nitrogens with zero attached hydrogens (tertiary/aromatic N) is 2. The summed E-state index contributed by atoms with van der Waals surface area (Å²) in [5.41, 5.74) is 4.23. The number of fused-ring (bicyclic) bond motifs is 1. The van der Waals surface area contributed by atoms with Crippen molar-refractivity contribution in [3.05, 3.63) is 53.6 Å². The van der Waals surface area contributed by atoms with Crippen LogP contribution in [-0.4, -0.2) is 69.9 Å². The third-order valence-corrected chi connectivity index (χ3v) is 5.51. The summed E-state index contributed by atoms with van der Waals surface area (Å²) in [7, 11) is 1.37. The Morgan fingerprint density at radius 1 is 1.00 bits per heavy atom. The van der Waals surface area contributed by atoms with E-state index >= 15 is 0 Å². The van der Waals surface area contributed by atoms with E-state index in [0.717, 1.165) is 55.2 Å². The Morgan fingerprint density at radius 3 is 2.60 bits per heavy atom. The third kappa shape index (κ3) is 4.53. The maximum Gasteiger partial charge on any atom is 0.337 e. The van der Waals surface area contributed by atoms with Crippen molar-refractivity contribution in [2.45, 2.75) is 6.61 Å². The van der Waals surface area contributed by atoms with Gasteiger partial charge < -0.3 is 19.1 Å². The summed E-state index contributed by atoms with van der Waals surface area (Å²) in [6, 6.07) is 13.3. The smallest absolute Gasteiger partial charge is 0.337 e. The van der Waals surface area contributed by atoms with Gasteiger partial charge in [-0.2, -0.15) is 0 Å². The quantitative estimate of drug-likeness (QED) is 0.705. The molecule has 158 valence electrons. The van der Waals surface area contributed by atoms with Crippen molar-refractivity contribution in [3.63, 3.8) is 0 Å². The molecule has 30 heavy (non-hydrogen) atoms. The average Bonchev–Trinajstić information content (AvgIpc) is 2.95. The number of rotatable bonds is 5. The minimum Gasteiger partial charge on any atom is -0.465 e. The Morgan fingerprint density at radius 2 is 1.80 bits per heavy atom. The van der Waals surface area contributed by atoms with Crippen molar-refractivity contribution in [2.75, 3.05) is 58.0 Å². The van der Waals surface area contributed by atoms with Gasteiger partial charge in [0.2, 0.25) is 0 Å². The second kappa shape index (κ2) is 9.38. The fourth-order valence-electron chi connectivity index (χ4n) is 3.86. The van der Waals surface area contributed by atoms with Crippen molar-refractivity contribution in [1.82, 2.24) is 4.90 Å². The number of anilines is 1. The molecule has 2 aliphatic heterocycles. The van der Waals surface area contributed by atoms with E-state index in [1.807, 2.05) is 41.3 Å². The Kier molecular flexibility index (Phi) is 6.42. The molecule has 1 saturated heterocycles. The molecule has 0 spiro atoms. The molecule has 0 atom stereocenters. The van der Waals surface area contributed by atoms with Gasteiger partial charge in [0, 0.05) is 37.4 Å². The molecule has 0 aromatic heterocycles. The van der Waals surface area contributed by atoms with Crippen LogP contribution in [0.1, 0.15) is 15.9 Å². The van der Waals surface area contributed by atoms with Gasteiger partial charge in [-0.25, -0.2) is 4.79 Å². The third-order valence-electron chi connectivity index (χ3n) is 5.51. The van der Waals surface area contributed by atoms with E-state index in [4.69, 9.17) is 14.2 Å². The molecule has 0 radical (unpaired) electrons. The summed E-state index contributed by atoms with van der Waals surface area (Å²) in [6.07, 6.45) is 0. The molecule has 4 rings (SSSR count). The summed E-state index contributed by atoms with van der Waals surface area (Å²) in [4.78, 5) is 28.7. The lowest BCUT2D eigenvalue weighted by Crippen LogP contribution is -2.43. The van der Waals surface area contributed by atoms with Gasteiger partial charge in [-0.05, 0) is 35.4 Å². The van der Waals surface area contributed by atoms with Crippen LogP contribution in [0.5, 0.6) is 0 Å². The predicted molar refractivity (Wildman–Crippen MR) is 112 cm³/mol. The summed E-state index contributed by atoms with van der Waals surface area (Å²) in [5, 5.41) is 0. The topological polar surface area (TPSA) is 68.3 Å². The Bertz CT molecular complexity index is 924. The number of methoxy groups -OCH3 is 1. The molecule has 2 aromatic carbocycles. The fraction of sp³-hybridized carbons (Fsp3) is 0.391. The number of benzene rings is 2. The summed E-state index contributed by atoms with van der Waals surface area (Å²) in [5.74, 6) is -0.391. The summed E-state index contributed by atoms with van der Waals surface area (Å²) >= 11 is 0. The molecule has 0 bridgehead atoms. The molecule has 2 aliphatic rings. The molecule has 0 aliphatic carbocycles. The van der Waals surface area contributed by atoms with Gasteiger partial charge in [-0.15, -0.1) is 0 Å². The largest absolute Gasteiger partial charge is 0.465 e. The van der Waals surface area contributed by atoms with Gasteiger partial charge in [0.05, 0.1) is 32.5 Å². The Labute approximate surface area is 176 Å². The highest BCUT2D eigenvalue weighted by Crippen LogP contribution is 2.30. The molecular formula is C23H26N2O5. The van der Waals surface area contributed by atoms with Crippen molar-refractivity contribution in [3.8, 4) is 11.1 Å². The van der Waals surface area contributed by atoms with Gasteiger partial charge in [-0.3, -0.25) is 9.69 Å². The monoisotopic (exact) mass is 410 g/mol. The van der Waals surface area contributed by atoms with Crippen molar-refractivity contribution < 1.29 is 23.8 Å². The van der Waals surface area contributed by atoms with Crippen LogP contribution in [0.3, 0.4) is 0 Å². The van der Waals surface area contributed by atoms with E-state index in [1.54, 1.807) is 6.07 Å². The average molecular weight is 410 g/mol. The lowest BCUT2D eigenvalue weighted by Gasteiger charge is -2.30. The first-order valence-corrected chi connectivity index (χ1v) is 10.2. The van der Waals surface area contributed by atoms with Gasteiger partial charge >= 0.3 is 5.97 Å². The van der Waals surface area contributed by atoms with Crippen LogP contribution in [0.4, 0.5) is 5.69 Å². The van der Waals surface area contributed by atoms with Gasteiger partial charge in [0.15, 0.2) is 0 Å². The SMILES string of the molecule is COC(=O)c1cccc(-c2ccc3c(c2)COCC(=O)N3CCN2CCOCC2)c1. The number of amides is 1. The van der Waals surface area contributed by atoms with Crippen LogP contribution in [0.25, 0.3) is 11.1 Å². The standard InChI is InChI=1S/C23H26N2O5/c1-28-23(27)19-4-2-3-17(13-19)18-5-6-21-20(14-18)15-30-16-22(26)25(21)8-7-24-9-11-29-12-10-24/h2-6,13-14H,7-12,15-16H2,1H3. The molecule has 0 saturated carbocycles. The highest BCUT2D eigenvalue weighted by molar-refractivity contribution is 5.96. The molecule has 2 heterocycles. The number of ether oxygens (including phenoxy) is 3. The molecule has 7 nitrogen and oxygen atoms in total. The van der Waals surface area contributed by atoms with Crippen LogP contribution in [0, 0.1) is 0 Å². The van der Waals surface area contributed by atoms with Gasteiger partial charge in [0.1, 0.15) is 6.61 Å². The number of carbonyl (C=O) groups is 2. The van der Waals surface area contributed by atoms with E-state index in [0.29, 0.717) is 18.7 Å². The molecule has 7 heteroatoms. The van der Waals surface area contributed by atoms with Crippen molar-refractivity contribution in [2.24, 2.45) is 0 Å². The highest BCUT2D eigenvalue weighted by Gasteiger charge is 2.24. The number of hydrogen-bond acceptors (Lipinski definition) is 6. The number of esters is 1. The predicted octanol–water partition coefficient (Wildman–Crippen LogP) is 2.34. The summed E-state index contributed by atoms with van der Waals surface area (Å²) < 4.78 is 15.9. The first-order chi connectivity index (χ1) is 14.7. The van der Waals surface area contributed by atoms with Crippen molar-refractivity contribution in [1.29, 1.82) is 0 Å². The van der Waals surface area contributed by atoms with Crippen LogP contribution >= 0.6 is 0 Å². The lowest BCUT2D eigenvalue weighted by atomic mass is 10.00. The van der Waals surface area contributed by atoms with E-state index in [1.165, 1.54) is 7.11 Å². The van der Waals surface area contributed by atoms with Gasteiger partial charge in [0.25, 0.3) is 5.91 Å². The lowest BCUT2D eigenvalue weighted by molar-refractivity contribution is -0.123. The zero-order valence-electron chi connectivity index (χ0n) is 17.1. The number of hydrogen-bond donors (Lipinski definition) is 0. The zero-order chi connectivity index (χ0) is 20.9. The molecule has 2 aromatic rings. The molecule has 1 amide bonds. The maximum atomic E-state index is 12.7. The first kappa shape index (κ1) is 20.5. The fourth-order valence-corrected chi connectivity index (χ4v) is 3.86. The number of morpholine rings is 1. The van der Waals surface area contributed by atoms with Crippen molar-refractivity contribution >= 4 is 17.6 Å². The maximum absolute atomic E-state index is 12.7. The molecule has 1 fully saturated rings. The molecular weight excluding hydrogens is 384 g/mol. The molecule has 0 N–H and O–H groups in total. The Hall–Kier alpha value is -2.74. The second-order valence-corrected chi connectivity index (χ2v) is 7.41. The van der Waals surface area contributed by atoms with E-state index in [9.17, 15) is 9.59 Å². The highest BCUT2D eigenvalue weighted by atomic mass is 16.5. The van der Waals surface area contributed by atoms with Gasteiger partial charge in [-0.1, -0.05) is 18.2 Å². The van der Waals surface area contributed by atoms with Crippen LogP contribution in [0.2, 0.25) is 0 Å². The second-order valence-electron chi connectivity index (χ2n) is 7.41. The van der Waals surface area contributed by atoms with Crippen LogP contribution in [0.15, 0.2) is 42.5 Å². The molecule has 0 unspecified atom stereocenters. The number of carbonyl (C=O) groups excluding carboxylic acids is 2. The van der Waals surface area contributed by atoms with E-state index in [-0.39, 0.29) is 18.5 Å². The zero-order valence-corrected chi connectivity index (χ0v) is 17.1.